The molecule has 0 amide bonds. The van der Waals surface area contributed by atoms with Crippen molar-refractivity contribution in [3.05, 3.63) is 41.5 Å². The van der Waals surface area contributed by atoms with Crippen LogP contribution in [0.5, 0.6) is 0 Å². The van der Waals surface area contributed by atoms with Crippen LogP contribution in [0.2, 0.25) is 0 Å². The van der Waals surface area contributed by atoms with E-state index in [0.717, 1.165) is 12.0 Å². The highest BCUT2D eigenvalue weighted by atomic mass is 32.1. The molecule has 0 saturated heterocycles. The maximum absolute atomic E-state index is 9.01. The molecular formula is C13H15NOS. The number of aliphatic hydroxyl groups excluding tert-OH is 1. The van der Waals surface area contributed by atoms with Gasteiger partial charge in [0, 0.05) is 34.3 Å². The summed E-state index contributed by atoms with van der Waals surface area (Å²) in [5, 5.41) is 9.01. The number of thiophene rings is 1. The maximum Gasteiger partial charge on any atom is 0.0460 e. The lowest BCUT2D eigenvalue weighted by Gasteiger charge is -2.04. The van der Waals surface area contributed by atoms with Gasteiger partial charge in [-0.25, -0.2) is 0 Å². The third-order valence-electron chi connectivity index (χ3n) is 2.47. The summed E-state index contributed by atoms with van der Waals surface area (Å²) in [6, 6.07) is 8.28. The van der Waals surface area contributed by atoms with Crippen molar-refractivity contribution in [1.82, 2.24) is 4.98 Å². The van der Waals surface area contributed by atoms with Crippen LogP contribution in [0, 0.1) is 5.92 Å². The van der Waals surface area contributed by atoms with E-state index < -0.39 is 0 Å². The zero-order chi connectivity index (χ0) is 11.4. The Morgan fingerprint density at radius 3 is 2.94 bits per heavy atom. The lowest BCUT2D eigenvalue weighted by molar-refractivity contribution is 0.237. The van der Waals surface area contributed by atoms with E-state index in [9.17, 15) is 0 Å². The summed E-state index contributed by atoms with van der Waals surface area (Å²) < 4.78 is 0. The Kier molecular flexibility index (Phi) is 3.70. The van der Waals surface area contributed by atoms with Gasteiger partial charge in [-0.2, -0.15) is 0 Å². The molecule has 2 nitrogen and oxygen atoms in total. The molecule has 2 aromatic heterocycles. The molecule has 0 aliphatic carbocycles. The van der Waals surface area contributed by atoms with Gasteiger partial charge in [0.25, 0.3) is 0 Å². The first-order chi connectivity index (χ1) is 7.79. The first-order valence-corrected chi connectivity index (χ1v) is 6.21. The molecule has 84 valence electrons. The molecule has 0 bridgehead atoms. The topological polar surface area (TPSA) is 33.1 Å². The fourth-order valence-corrected chi connectivity index (χ4v) is 2.72. The van der Waals surface area contributed by atoms with Gasteiger partial charge < -0.3 is 5.11 Å². The molecule has 2 heterocycles. The van der Waals surface area contributed by atoms with Gasteiger partial charge in [0.1, 0.15) is 0 Å². The van der Waals surface area contributed by atoms with Crippen LogP contribution >= 0.6 is 11.3 Å². The smallest absolute Gasteiger partial charge is 0.0460 e. The van der Waals surface area contributed by atoms with Gasteiger partial charge in [-0.1, -0.05) is 13.0 Å². The second kappa shape index (κ2) is 5.23. The van der Waals surface area contributed by atoms with Crippen LogP contribution < -0.4 is 0 Å². The Balaban J connectivity index is 2.14. The van der Waals surface area contributed by atoms with Crippen LogP contribution in [-0.4, -0.2) is 16.7 Å². The van der Waals surface area contributed by atoms with E-state index in [1.165, 1.54) is 9.75 Å². The predicted octanol–water partition coefficient (Wildman–Crippen LogP) is 2.98. The molecule has 0 aliphatic heterocycles. The highest BCUT2D eigenvalue weighted by Crippen LogP contribution is 2.28. The highest BCUT2D eigenvalue weighted by molar-refractivity contribution is 7.15. The lowest BCUT2D eigenvalue weighted by atomic mass is 10.1. The third kappa shape index (κ3) is 2.68. The number of hydrogen-bond donors (Lipinski definition) is 1. The van der Waals surface area contributed by atoms with E-state index in [-0.39, 0.29) is 6.61 Å². The molecule has 1 N–H and O–H groups in total. The van der Waals surface area contributed by atoms with Crippen molar-refractivity contribution in [3.63, 3.8) is 0 Å². The number of nitrogens with zero attached hydrogens (tertiary/aromatic N) is 1. The molecular weight excluding hydrogens is 218 g/mol. The van der Waals surface area contributed by atoms with Crippen molar-refractivity contribution < 1.29 is 5.11 Å². The average molecular weight is 233 g/mol. The zero-order valence-corrected chi connectivity index (χ0v) is 10.1. The largest absolute Gasteiger partial charge is 0.396 e. The normalized spacial score (nSPS) is 12.6. The Bertz CT molecular complexity index is 438. The summed E-state index contributed by atoms with van der Waals surface area (Å²) >= 11 is 1.78. The van der Waals surface area contributed by atoms with Gasteiger partial charge in [0.05, 0.1) is 0 Å². The molecule has 16 heavy (non-hydrogen) atoms. The second-order valence-corrected chi connectivity index (χ2v) is 5.17. The highest BCUT2D eigenvalue weighted by Gasteiger charge is 2.06. The molecule has 0 unspecified atom stereocenters. The van der Waals surface area contributed by atoms with E-state index in [1.807, 2.05) is 12.3 Å². The SMILES string of the molecule is C[C@H](CO)Cc1ccc(-c2cccnc2)s1. The fourth-order valence-electron chi connectivity index (χ4n) is 1.56. The molecule has 1 atom stereocenters. The minimum Gasteiger partial charge on any atom is -0.396 e. The third-order valence-corrected chi connectivity index (χ3v) is 3.63. The van der Waals surface area contributed by atoms with Crippen molar-refractivity contribution in [2.24, 2.45) is 5.92 Å². The zero-order valence-electron chi connectivity index (χ0n) is 9.26. The van der Waals surface area contributed by atoms with E-state index in [4.69, 9.17) is 5.11 Å². The summed E-state index contributed by atoms with van der Waals surface area (Å²) in [6.45, 7) is 2.31. The van der Waals surface area contributed by atoms with Crippen molar-refractivity contribution in [2.75, 3.05) is 6.61 Å². The fraction of sp³-hybridized carbons (Fsp3) is 0.308. The van der Waals surface area contributed by atoms with E-state index in [0.29, 0.717) is 5.92 Å². The Labute approximate surface area is 99.6 Å². The minimum absolute atomic E-state index is 0.250. The quantitative estimate of drug-likeness (QED) is 0.880. The lowest BCUT2D eigenvalue weighted by Crippen LogP contribution is -2.02. The first-order valence-electron chi connectivity index (χ1n) is 5.39. The van der Waals surface area contributed by atoms with Crippen molar-refractivity contribution in [2.45, 2.75) is 13.3 Å². The van der Waals surface area contributed by atoms with E-state index >= 15 is 0 Å². The summed E-state index contributed by atoms with van der Waals surface area (Å²) in [5.41, 5.74) is 1.16. The molecule has 3 heteroatoms. The molecule has 0 aliphatic rings. The van der Waals surface area contributed by atoms with Crippen LogP contribution in [0.3, 0.4) is 0 Å². The van der Waals surface area contributed by atoms with Crippen LogP contribution in [0.15, 0.2) is 36.7 Å². The molecule has 0 fully saturated rings. The Morgan fingerprint density at radius 1 is 1.38 bits per heavy atom. The van der Waals surface area contributed by atoms with Crippen LogP contribution in [0.4, 0.5) is 0 Å². The van der Waals surface area contributed by atoms with Crippen molar-refractivity contribution in [3.8, 4) is 10.4 Å². The summed E-state index contributed by atoms with van der Waals surface area (Å²) in [6.07, 6.45) is 4.61. The maximum atomic E-state index is 9.01. The van der Waals surface area contributed by atoms with Gasteiger partial charge in [-0.3, -0.25) is 4.98 Å². The average Bonchev–Trinajstić information content (AvgIpc) is 2.78. The van der Waals surface area contributed by atoms with E-state index in [2.05, 4.69) is 30.1 Å². The Hall–Kier alpha value is -1.19. The number of aromatic nitrogens is 1. The number of rotatable bonds is 4. The number of aliphatic hydroxyl groups is 1. The minimum atomic E-state index is 0.250. The molecule has 0 spiro atoms. The van der Waals surface area contributed by atoms with Gasteiger partial charge in [-0.05, 0) is 30.5 Å². The standard InChI is InChI=1S/C13H15NOS/c1-10(9-15)7-12-4-5-13(16-12)11-3-2-6-14-8-11/h2-6,8,10,15H,7,9H2,1H3/t10-/m0/s1. The number of pyridine rings is 1. The van der Waals surface area contributed by atoms with Crippen LogP contribution in [0.1, 0.15) is 11.8 Å². The van der Waals surface area contributed by atoms with Gasteiger partial charge >= 0.3 is 0 Å². The second-order valence-electron chi connectivity index (χ2n) is 4.00. The van der Waals surface area contributed by atoms with Crippen LogP contribution in [-0.2, 0) is 6.42 Å². The van der Waals surface area contributed by atoms with Gasteiger partial charge in [-0.15, -0.1) is 11.3 Å². The molecule has 0 saturated carbocycles. The molecule has 2 aromatic rings. The number of hydrogen-bond acceptors (Lipinski definition) is 3. The van der Waals surface area contributed by atoms with E-state index in [1.54, 1.807) is 17.5 Å². The predicted molar refractivity (Wildman–Crippen MR) is 67.5 cm³/mol. The van der Waals surface area contributed by atoms with Gasteiger partial charge in [0.15, 0.2) is 0 Å². The summed E-state index contributed by atoms with van der Waals surface area (Å²) in [5.74, 6) is 0.334. The molecule has 0 aromatic carbocycles. The summed E-state index contributed by atoms with van der Waals surface area (Å²) in [4.78, 5) is 6.68. The Morgan fingerprint density at radius 2 is 2.25 bits per heavy atom. The van der Waals surface area contributed by atoms with Crippen LogP contribution in [0.25, 0.3) is 10.4 Å². The first kappa shape index (κ1) is 11.3. The monoisotopic (exact) mass is 233 g/mol. The van der Waals surface area contributed by atoms with Crippen molar-refractivity contribution in [1.29, 1.82) is 0 Å². The molecule has 0 radical (unpaired) electrons. The molecule has 2 rings (SSSR count). The van der Waals surface area contributed by atoms with Crippen molar-refractivity contribution >= 4 is 11.3 Å². The summed E-state index contributed by atoms with van der Waals surface area (Å²) in [7, 11) is 0. The van der Waals surface area contributed by atoms with Gasteiger partial charge in [0.2, 0.25) is 0 Å².